The lowest BCUT2D eigenvalue weighted by Crippen LogP contribution is -1.96. The van der Waals surface area contributed by atoms with E-state index in [4.69, 9.17) is 0 Å². The fraction of sp³-hybridized carbons (Fsp3) is 0.273. The molecule has 0 unspecified atom stereocenters. The first-order valence-corrected chi connectivity index (χ1v) is 4.19. The summed E-state index contributed by atoms with van der Waals surface area (Å²) in [6.45, 7) is 6.19. The number of anilines is 1. The summed E-state index contributed by atoms with van der Waals surface area (Å²) in [6, 6.07) is 8.28. The van der Waals surface area contributed by atoms with Gasteiger partial charge < -0.3 is 5.32 Å². The molecule has 0 fully saturated rings. The van der Waals surface area contributed by atoms with E-state index in [9.17, 15) is 0 Å². The molecule has 1 nitrogen and oxygen atoms in total. The standard InChI is InChI=1S/C11H15N/c1-4-10(3)12-11-8-6-5-7-9(11)2/h4-8,12H,1-3H3/b10-4-. The average Bonchev–Trinajstić information content (AvgIpc) is 2.09. The van der Waals surface area contributed by atoms with Crippen LogP contribution in [0.15, 0.2) is 36.0 Å². The summed E-state index contributed by atoms with van der Waals surface area (Å²) in [5.41, 5.74) is 3.65. The second-order valence-electron chi connectivity index (χ2n) is 2.91. The normalized spacial score (nSPS) is 11.4. The zero-order chi connectivity index (χ0) is 8.97. The van der Waals surface area contributed by atoms with Crippen LogP contribution in [0, 0.1) is 6.92 Å². The quantitative estimate of drug-likeness (QED) is 0.701. The van der Waals surface area contributed by atoms with Crippen molar-refractivity contribution in [1.29, 1.82) is 0 Å². The predicted molar refractivity (Wildman–Crippen MR) is 54.2 cm³/mol. The molecule has 0 amide bonds. The lowest BCUT2D eigenvalue weighted by Gasteiger charge is -2.08. The van der Waals surface area contributed by atoms with E-state index in [-0.39, 0.29) is 0 Å². The summed E-state index contributed by atoms with van der Waals surface area (Å²) in [4.78, 5) is 0. The Labute approximate surface area is 74.1 Å². The van der Waals surface area contributed by atoms with E-state index in [0.717, 1.165) is 0 Å². The Bertz CT molecular complexity index is 287. The van der Waals surface area contributed by atoms with Crippen molar-refractivity contribution in [2.45, 2.75) is 20.8 Å². The van der Waals surface area contributed by atoms with E-state index < -0.39 is 0 Å². The van der Waals surface area contributed by atoms with Crippen molar-refractivity contribution < 1.29 is 0 Å². The second-order valence-corrected chi connectivity index (χ2v) is 2.91. The first-order valence-electron chi connectivity index (χ1n) is 4.19. The zero-order valence-electron chi connectivity index (χ0n) is 7.89. The number of allylic oxidation sites excluding steroid dienone is 2. The van der Waals surface area contributed by atoms with Crippen molar-refractivity contribution in [1.82, 2.24) is 0 Å². The smallest absolute Gasteiger partial charge is 0.0411 e. The summed E-state index contributed by atoms with van der Waals surface area (Å²) in [5.74, 6) is 0. The summed E-state index contributed by atoms with van der Waals surface area (Å²) in [6.07, 6.45) is 2.06. The highest BCUT2D eigenvalue weighted by molar-refractivity contribution is 5.53. The molecule has 0 aromatic heterocycles. The SMILES string of the molecule is C/C=C(/C)Nc1ccccc1C. The minimum Gasteiger partial charge on any atom is -0.359 e. The number of hydrogen-bond acceptors (Lipinski definition) is 1. The van der Waals surface area contributed by atoms with Gasteiger partial charge in [-0.15, -0.1) is 0 Å². The van der Waals surface area contributed by atoms with E-state index in [0.29, 0.717) is 0 Å². The number of para-hydroxylation sites is 1. The fourth-order valence-electron chi connectivity index (χ4n) is 0.998. The molecule has 0 aliphatic rings. The van der Waals surface area contributed by atoms with Crippen LogP contribution < -0.4 is 5.32 Å². The van der Waals surface area contributed by atoms with Crippen LogP contribution in [0.4, 0.5) is 5.69 Å². The largest absolute Gasteiger partial charge is 0.359 e. The van der Waals surface area contributed by atoms with Gasteiger partial charge in [0.2, 0.25) is 0 Å². The van der Waals surface area contributed by atoms with E-state index in [1.54, 1.807) is 0 Å². The van der Waals surface area contributed by atoms with Crippen LogP contribution in [-0.4, -0.2) is 0 Å². The van der Waals surface area contributed by atoms with Crippen molar-refractivity contribution >= 4 is 5.69 Å². The second kappa shape index (κ2) is 3.96. The minimum absolute atomic E-state index is 1.18. The Morgan fingerprint density at radius 3 is 2.58 bits per heavy atom. The number of aryl methyl sites for hydroxylation is 1. The van der Waals surface area contributed by atoms with Crippen molar-refractivity contribution in [2.24, 2.45) is 0 Å². The third kappa shape index (κ3) is 2.12. The van der Waals surface area contributed by atoms with Gasteiger partial charge in [0, 0.05) is 11.4 Å². The maximum Gasteiger partial charge on any atom is 0.0411 e. The maximum absolute atomic E-state index is 3.32. The molecule has 0 spiro atoms. The molecule has 64 valence electrons. The highest BCUT2D eigenvalue weighted by Gasteiger charge is 1.94. The third-order valence-corrected chi connectivity index (χ3v) is 1.91. The van der Waals surface area contributed by atoms with Gasteiger partial charge in [-0.2, -0.15) is 0 Å². The van der Waals surface area contributed by atoms with Crippen LogP contribution in [0.5, 0.6) is 0 Å². The van der Waals surface area contributed by atoms with Gasteiger partial charge >= 0.3 is 0 Å². The van der Waals surface area contributed by atoms with E-state index in [2.05, 4.69) is 37.4 Å². The van der Waals surface area contributed by atoms with Crippen LogP contribution in [-0.2, 0) is 0 Å². The number of benzene rings is 1. The topological polar surface area (TPSA) is 12.0 Å². The first kappa shape index (κ1) is 8.85. The summed E-state index contributed by atoms with van der Waals surface area (Å²) >= 11 is 0. The molecule has 1 aromatic carbocycles. The molecule has 0 saturated carbocycles. The molecule has 1 rings (SSSR count). The molecule has 0 saturated heterocycles. The zero-order valence-corrected chi connectivity index (χ0v) is 7.89. The van der Waals surface area contributed by atoms with Crippen LogP contribution in [0.25, 0.3) is 0 Å². The highest BCUT2D eigenvalue weighted by Crippen LogP contribution is 2.14. The van der Waals surface area contributed by atoms with Crippen molar-refractivity contribution in [3.05, 3.63) is 41.6 Å². The maximum atomic E-state index is 3.32. The van der Waals surface area contributed by atoms with Crippen LogP contribution >= 0.6 is 0 Å². The van der Waals surface area contributed by atoms with Gasteiger partial charge in [-0.3, -0.25) is 0 Å². The molecule has 0 radical (unpaired) electrons. The molecule has 12 heavy (non-hydrogen) atoms. The molecule has 0 atom stereocenters. The molecule has 0 aliphatic carbocycles. The van der Waals surface area contributed by atoms with Gasteiger partial charge in [0.1, 0.15) is 0 Å². The van der Waals surface area contributed by atoms with Crippen LogP contribution in [0.3, 0.4) is 0 Å². The Balaban J connectivity index is 2.82. The van der Waals surface area contributed by atoms with Gasteiger partial charge in [-0.25, -0.2) is 0 Å². The van der Waals surface area contributed by atoms with E-state index >= 15 is 0 Å². The minimum atomic E-state index is 1.18. The molecule has 1 aromatic rings. The Hall–Kier alpha value is -1.24. The molecule has 0 bridgehead atoms. The van der Waals surface area contributed by atoms with Crippen molar-refractivity contribution in [3.8, 4) is 0 Å². The van der Waals surface area contributed by atoms with Gasteiger partial charge in [0.25, 0.3) is 0 Å². The number of nitrogens with one attached hydrogen (secondary N) is 1. The Morgan fingerprint density at radius 1 is 1.33 bits per heavy atom. The molecule has 0 aliphatic heterocycles. The third-order valence-electron chi connectivity index (χ3n) is 1.91. The Morgan fingerprint density at radius 2 is 2.00 bits per heavy atom. The lowest BCUT2D eigenvalue weighted by atomic mass is 10.2. The Kier molecular flexibility index (Phi) is 2.92. The van der Waals surface area contributed by atoms with Crippen molar-refractivity contribution in [3.63, 3.8) is 0 Å². The molecular formula is C11H15N. The van der Waals surface area contributed by atoms with Crippen molar-refractivity contribution in [2.75, 3.05) is 5.32 Å². The number of hydrogen-bond donors (Lipinski definition) is 1. The van der Waals surface area contributed by atoms with Gasteiger partial charge in [0.15, 0.2) is 0 Å². The van der Waals surface area contributed by atoms with Crippen LogP contribution in [0.2, 0.25) is 0 Å². The summed E-state index contributed by atoms with van der Waals surface area (Å²) in [5, 5.41) is 3.32. The average molecular weight is 161 g/mol. The van der Waals surface area contributed by atoms with Gasteiger partial charge in [-0.05, 0) is 32.4 Å². The monoisotopic (exact) mass is 161 g/mol. The van der Waals surface area contributed by atoms with E-state index in [1.165, 1.54) is 16.9 Å². The predicted octanol–water partition coefficient (Wildman–Crippen LogP) is 3.33. The van der Waals surface area contributed by atoms with Gasteiger partial charge in [-0.1, -0.05) is 24.3 Å². The summed E-state index contributed by atoms with van der Waals surface area (Å²) < 4.78 is 0. The summed E-state index contributed by atoms with van der Waals surface area (Å²) in [7, 11) is 0. The molecular weight excluding hydrogens is 146 g/mol. The van der Waals surface area contributed by atoms with E-state index in [1.807, 2.05) is 19.1 Å². The number of rotatable bonds is 2. The first-order chi connectivity index (χ1) is 5.74. The highest BCUT2D eigenvalue weighted by atomic mass is 14.9. The fourth-order valence-corrected chi connectivity index (χ4v) is 0.998. The van der Waals surface area contributed by atoms with Crippen LogP contribution in [0.1, 0.15) is 19.4 Å². The van der Waals surface area contributed by atoms with Gasteiger partial charge in [0.05, 0.1) is 0 Å². The molecule has 1 heteroatoms. The lowest BCUT2D eigenvalue weighted by molar-refractivity contribution is 1.32. The molecule has 0 heterocycles. The molecule has 1 N–H and O–H groups in total.